The zero-order valence-electron chi connectivity index (χ0n) is 15.1. The van der Waals surface area contributed by atoms with Gasteiger partial charge in [0.1, 0.15) is 16.9 Å². The van der Waals surface area contributed by atoms with Crippen molar-refractivity contribution in [2.75, 3.05) is 24.5 Å². The Morgan fingerprint density at radius 1 is 1.22 bits per heavy atom. The number of anilines is 1. The van der Waals surface area contributed by atoms with Crippen LogP contribution < -0.4 is 15.6 Å². The van der Waals surface area contributed by atoms with E-state index in [1.54, 1.807) is 0 Å². The van der Waals surface area contributed by atoms with Crippen LogP contribution >= 0.6 is 0 Å². The van der Waals surface area contributed by atoms with E-state index in [4.69, 9.17) is 4.42 Å². The van der Waals surface area contributed by atoms with Crippen LogP contribution in [0.15, 0.2) is 64.1 Å². The minimum Gasteiger partial charge on any atom is -0.454 e. The van der Waals surface area contributed by atoms with Gasteiger partial charge in [-0.25, -0.2) is 4.98 Å². The highest BCUT2D eigenvalue weighted by Gasteiger charge is 2.17. The lowest BCUT2D eigenvalue weighted by molar-refractivity contribution is 0.485. The summed E-state index contributed by atoms with van der Waals surface area (Å²) in [5, 5.41) is 4.04. The number of aromatic nitrogens is 2. The van der Waals surface area contributed by atoms with E-state index < -0.39 is 0 Å². The summed E-state index contributed by atoms with van der Waals surface area (Å²) in [6.45, 7) is 4.97. The largest absolute Gasteiger partial charge is 0.454 e. The summed E-state index contributed by atoms with van der Waals surface area (Å²) in [5.74, 6) is 0.486. The van der Waals surface area contributed by atoms with Gasteiger partial charge >= 0.3 is 0 Å². The quantitative estimate of drug-likeness (QED) is 0.596. The van der Waals surface area contributed by atoms with Crippen molar-refractivity contribution in [1.29, 1.82) is 0 Å². The molecule has 1 atom stereocenters. The Morgan fingerprint density at radius 3 is 3.00 bits per heavy atom. The maximum atomic E-state index is 12.8. The fourth-order valence-corrected chi connectivity index (χ4v) is 3.69. The number of pyridine rings is 1. The summed E-state index contributed by atoms with van der Waals surface area (Å²) in [5.41, 5.74) is 3.07. The third kappa shape index (κ3) is 2.88. The monoisotopic (exact) mass is 360 g/mol. The predicted octanol–water partition coefficient (Wildman–Crippen LogP) is 2.91. The first-order valence-corrected chi connectivity index (χ1v) is 9.18. The van der Waals surface area contributed by atoms with E-state index in [0.717, 1.165) is 31.0 Å². The first kappa shape index (κ1) is 16.1. The topological polar surface area (TPSA) is 62.8 Å². The van der Waals surface area contributed by atoms with Gasteiger partial charge in [-0.3, -0.25) is 4.79 Å². The van der Waals surface area contributed by atoms with Crippen LogP contribution in [0.4, 0.5) is 5.69 Å². The highest BCUT2D eigenvalue weighted by atomic mass is 16.3. The second kappa shape index (κ2) is 6.25. The first-order chi connectivity index (χ1) is 13.2. The van der Waals surface area contributed by atoms with Crippen molar-refractivity contribution in [2.24, 2.45) is 0 Å². The smallest absolute Gasteiger partial charge is 0.193 e. The fraction of sp³-hybridized carbons (Fsp3) is 0.238. The molecular weight excluding hydrogens is 340 g/mol. The zero-order chi connectivity index (χ0) is 18.4. The lowest BCUT2D eigenvalue weighted by Gasteiger charge is -2.33. The van der Waals surface area contributed by atoms with Gasteiger partial charge in [-0.05, 0) is 37.3 Å². The van der Waals surface area contributed by atoms with Crippen LogP contribution in [0.25, 0.3) is 28.1 Å². The molecule has 27 heavy (non-hydrogen) atoms. The molecule has 0 spiro atoms. The van der Waals surface area contributed by atoms with Gasteiger partial charge in [-0.1, -0.05) is 6.07 Å². The average molecular weight is 360 g/mol. The second-order valence-electron chi connectivity index (χ2n) is 7.05. The standard InChI is InChI=1S/C21H20N4O2/c1-14-12-24(9-7-22-14)15-5-6-19-16(10-15)18(26)11-20(27-19)17-13-25-8-3-2-4-21(25)23-17/h2-6,8,10-11,13-14,22H,7,9,12H2,1H3/t14-/m1/s1. The molecule has 4 heterocycles. The molecule has 3 aromatic heterocycles. The summed E-state index contributed by atoms with van der Waals surface area (Å²) >= 11 is 0. The molecule has 1 N–H and O–H groups in total. The molecule has 0 radical (unpaired) electrons. The Bertz CT molecular complexity index is 1160. The molecule has 1 aromatic carbocycles. The van der Waals surface area contributed by atoms with Crippen LogP contribution in [-0.4, -0.2) is 35.1 Å². The molecule has 0 bridgehead atoms. The minimum atomic E-state index is -0.0478. The van der Waals surface area contributed by atoms with Crippen molar-refractivity contribution >= 4 is 22.3 Å². The summed E-state index contributed by atoms with van der Waals surface area (Å²) in [6, 6.07) is 13.6. The molecule has 0 saturated carbocycles. The molecule has 0 aliphatic carbocycles. The van der Waals surface area contributed by atoms with Gasteiger partial charge in [0.2, 0.25) is 0 Å². The summed E-state index contributed by atoms with van der Waals surface area (Å²) in [6.07, 6.45) is 3.79. The van der Waals surface area contributed by atoms with E-state index in [1.807, 2.05) is 53.2 Å². The number of benzene rings is 1. The van der Waals surface area contributed by atoms with Gasteiger partial charge in [0.15, 0.2) is 11.2 Å². The molecule has 5 rings (SSSR count). The number of nitrogens with zero attached hydrogens (tertiary/aromatic N) is 3. The van der Waals surface area contributed by atoms with Crippen LogP contribution in [-0.2, 0) is 0 Å². The number of hydrogen-bond donors (Lipinski definition) is 1. The SMILES string of the molecule is C[C@@H]1CN(c2ccc3oc(-c4cn5ccccc5n4)cc(=O)c3c2)CCN1. The summed E-state index contributed by atoms with van der Waals surface area (Å²) in [7, 11) is 0. The number of nitrogens with one attached hydrogen (secondary N) is 1. The maximum absolute atomic E-state index is 12.8. The van der Waals surface area contributed by atoms with E-state index in [-0.39, 0.29) is 5.43 Å². The average Bonchev–Trinajstić information content (AvgIpc) is 3.12. The molecule has 0 unspecified atom stereocenters. The van der Waals surface area contributed by atoms with Crippen molar-refractivity contribution in [3.8, 4) is 11.5 Å². The molecule has 136 valence electrons. The Labute approximate surface area is 156 Å². The van der Waals surface area contributed by atoms with E-state index >= 15 is 0 Å². The molecule has 1 saturated heterocycles. The van der Waals surface area contributed by atoms with E-state index in [0.29, 0.717) is 28.5 Å². The third-order valence-corrected chi connectivity index (χ3v) is 5.06. The highest BCUT2D eigenvalue weighted by molar-refractivity contribution is 5.82. The van der Waals surface area contributed by atoms with Crippen LogP contribution in [0.5, 0.6) is 0 Å². The van der Waals surface area contributed by atoms with Crippen molar-refractivity contribution in [3.63, 3.8) is 0 Å². The van der Waals surface area contributed by atoms with Gasteiger partial charge in [-0.2, -0.15) is 0 Å². The van der Waals surface area contributed by atoms with E-state index in [9.17, 15) is 4.79 Å². The van der Waals surface area contributed by atoms with Crippen molar-refractivity contribution in [2.45, 2.75) is 13.0 Å². The molecule has 4 aromatic rings. The molecule has 1 aliphatic rings. The number of hydrogen-bond acceptors (Lipinski definition) is 5. The van der Waals surface area contributed by atoms with E-state index in [2.05, 4.69) is 22.1 Å². The number of imidazole rings is 1. The third-order valence-electron chi connectivity index (χ3n) is 5.06. The van der Waals surface area contributed by atoms with Gasteiger partial charge in [0, 0.05) is 49.8 Å². The van der Waals surface area contributed by atoms with Crippen molar-refractivity contribution in [3.05, 3.63) is 65.1 Å². The molecule has 1 aliphatic heterocycles. The maximum Gasteiger partial charge on any atom is 0.193 e. The molecule has 6 heteroatoms. The van der Waals surface area contributed by atoms with Crippen LogP contribution in [0.1, 0.15) is 6.92 Å². The number of rotatable bonds is 2. The van der Waals surface area contributed by atoms with Gasteiger partial charge < -0.3 is 19.0 Å². The van der Waals surface area contributed by atoms with Gasteiger partial charge in [0.05, 0.1) is 5.39 Å². The van der Waals surface area contributed by atoms with Crippen molar-refractivity contribution in [1.82, 2.24) is 14.7 Å². The van der Waals surface area contributed by atoms with Crippen molar-refractivity contribution < 1.29 is 4.42 Å². The lowest BCUT2D eigenvalue weighted by atomic mass is 10.1. The Morgan fingerprint density at radius 2 is 2.15 bits per heavy atom. The van der Waals surface area contributed by atoms with Gasteiger partial charge in [0.25, 0.3) is 0 Å². The van der Waals surface area contributed by atoms with Crippen LogP contribution in [0.2, 0.25) is 0 Å². The normalized spacial score (nSPS) is 17.7. The van der Waals surface area contributed by atoms with Crippen LogP contribution in [0, 0.1) is 0 Å². The molecular formula is C21H20N4O2. The second-order valence-corrected chi connectivity index (χ2v) is 7.05. The summed E-state index contributed by atoms with van der Waals surface area (Å²) in [4.78, 5) is 19.6. The minimum absolute atomic E-state index is 0.0478. The lowest BCUT2D eigenvalue weighted by Crippen LogP contribution is -2.49. The van der Waals surface area contributed by atoms with E-state index in [1.165, 1.54) is 6.07 Å². The zero-order valence-corrected chi connectivity index (χ0v) is 15.1. The summed E-state index contributed by atoms with van der Waals surface area (Å²) < 4.78 is 7.93. The Hall–Kier alpha value is -3.12. The first-order valence-electron chi connectivity index (χ1n) is 9.18. The Balaban J connectivity index is 1.57. The molecule has 6 nitrogen and oxygen atoms in total. The molecule has 1 fully saturated rings. The highest BCUT2D eigenvalue weighted by Crippen LogP contribution is 2.25. The predicted molar refractivity (Wildman–Crippen MR) is 106 cm³/mol. The fourth-order valence-electron chi connectivity index (χ4n) is 3.69. The number of piperazine rings is 1. The van der Waals surface area contributed by atoms with Crippen LogP contribution in [0.3, 0.4) is 0 Å². The Kier molecular flexibility index (Phi) is 3.72. The molecule has 0 amide bonds. The van der Waals surface area contributed by atoms with Gasteiger partial charge in [-0.15, -0.1) is 0 Å². The number of fused-ring (bicyclic) bond motifs is 2.